The maximum absolute atomic E-state index is 6.49. The number of nitrogens with zero attached hydrogens (tertiary/aromatic N) is 2. The summed E-state index contributed by atoms with van der Waals surface area (Å²) in [5, 5.41) is 1.99. The Morgan fingerprint density at radius 3 is 2.62 bits per heavy atom. The first-order chi connectivity index (χ1) is 11.5. The van der Waals surface area contributed by atoms with Gasteiger partial charge < -0.3 is 0 Å². The Bertz CT molecular complexity index is 986. The monoisotopic (exact) mass is 334 g/mol. The van der Waals surface area contributed by atoms with Crippen molar-refractivity contribution in [3.8, 4) is 0 Å². The van der Waals surface area contributed by atoms with Crippen molar-refractivity contribution in [3.63, 3.8) is 0 Å². The van der Waals surface area contributed by atoms with Gasteiger partial charge in [-0.15, -0.1) is 0 Å². The zero-order chi connectivity index (χ0) is 16.9. The van der Waals surface area contributed by atoms with Crippen LogP contribution in [0.15, 0.2) is 53.7 Å². The summed E-state index contributed by atoms with van der Waals surface area (Å²) in [6.45, 7) is 6.46. The van der Waals surface area contributed by atoms with Crippen LogP contribution in [0.2, 0.25) is 5.02 Å². The molecule has 0 saturated carbocycles. The molecule has 24 heavy (non-hydrogen) atoms. The van der Waals surface area contributed by atoms with Crippen LogP contribution >= 0.6 is 11.6 Å². The van der Waals surface area contributed by atoms with Crippen molar-refractivity contribution < 1.29 is 0 Å². The van der Waals surface area contributed by atoms with E-state index < -0.39 is 0 Å². The largest absolute Gasteiger partial charge is 0.278 e. The van der Waals surface area contributed by atoms with Crippen molar-refractivity contribution in [1.29, 1.82) is 0 Å². The molecule has 0 fully saturated rings. The fourth-order valence-electron chi connectivity index (χ4n) is 3.52. The van der Waals surface area contributed by atoms with Crippen molar-refractivity contribution >= 4 is 28.2 Å². The molecule has 0 bridgehead atoms. The lowest BCUT2D eigenvalue weighted by Crippen LogP contribution is -2.30. The molecule has 1 aliphatic rings. The molecule has 1 aliphatic heterocycles. The quantitative estimate of drug-likeness (QED) is 0.587. The van der Waals surface area contributed by atoms with E-state index in [0.717, 1.165) is 33.8 Å². The van der Waals surface area contributed by atoms with Crippen LogP contribution in [0.25, 0.3) is 10.9 Å². The Balaban J connectivity index is 2.01. The van der Waals surface area contributed by atoms with Crippen molar-refractivity contribution in [2.24, 2.45) is 4.99 Å². The van der Waals surface area contributed by atoms with Crippen LogP contribution in [0.3, 0.4) is 0 Å². The number of aryl methyl sites for hydroxylation is 1. The van der Waals surface area contributed by atoms with Crippen LogP contribution in [0, 0.1) is 6.92 Å². The average Bonchev–Trinajstić information content (AvgIpc) is 2.55. The lowest BCUT2D eigenvalue weighted by atomic mass is 9.84. The Kier molecular flexibility index (Phi) is 3.47. The molecule has 2 heterocycles. The number of rotatable bonds is 1. The number of halogens is 1. The Morgan fingerprint density at radius 1 is 1.00 bits per heavy atom. The third-order valence-corrected chi connectivity index (χ3v) is 5.05. The molecule has 0 unspecified atom stereocenters. The van der Waals surface area contributed by atoms with Crippen molar-refractivity contribution in [3.05, 3.63) is 75.9 Å². The van der Waals surface area contributed by atoms with Gasteiger partial charge in [0, 0.05) is 27.7 Å². The summed E-state index contributed by atoms with van der Waals surface area (Å²) >= 11 is 6.49. The van der Waals surface area contributed by atoms with Crippen molar-refractivity contribution in [1.82, 2.24) is 4.98 Å². The number of aliphatic imine (C=N–C) groups is 1. The Morgan fingerprint density at radius 2 is 1.79 bits per heavy atom. The molecule has 1 aromatic heterocycles. The van der Waals surface area contributed by atoms with E-state index in [9.17, 15) is 0 Å². The summed E-state index contributed by atoms with van der Waals surface area (Å²) in [5.41, 5.74) is 6.45. The number of hydrogen-bond donors (Lipinski definition) is 0. The van der Waals surface area contributed by atoms with E-state index in [0.29, 0.717) is 0 Å². The number of aromatic nitrogens is 1. The molecule has 3 heteroatoms. The van der Waals surface area contributed by atoms with Gasteiger partial charge in [0.1, 0.15) is 0 Å². The number of benzene rings is 2. The van der Waals surface area contributed by atoms with Crippen LogP contribution in [0.1, 0.15) is 36.1 Å². The summed E-state index contributed by atoms with van der Waals surface area (Å²) in [6, 6.07) is 14.3. The van der Waals surface area contributed by atoms with Crippen LogP contribution in [0.4, 0.5) is 0 Å². The van der Waals surface area contributed by atoms with Gasteiger partial charge in [-0.2, -0.15) is 0 Å². The molecule has 0 saturated heterocycles. The molecular weight excluding hydrogens is 316 g/mol. The maximum Gasteiger partial charge on any atom is 0.0747 e. The summed E-state index contributed by atoms with van der Waals surface area (Å²) < 4.78 is 0. The van der Waals surface area contributed by atoms with E-state index >= 15 is 0 Å². The highest BCUT2D eigenvalue weighted by Crippen LogP contribution is 2.34. The van der Waals surface area contributed by atoms with Crippen molar-refractivity contribution in [2.45, 2.75) is 32.7 Å². The minimum atomic E-state index is -0.175. The molecule has 2 aromatic carbocycles. The Hall–Kier alpha value is -2.19. The highest BCUT2D eigenvalue weighted by Gasteiger charge is 2.29. The first-order valence-electron chi connectivity index (χ1n) is 8.19. The third-order valence-electron chi connectivity index (χ3n) is 4.70. The predicted octanol–water partition coefficient (Wildman–Crippen LogP) is 5.37. The van der Waals surface area contributed by atoms with Crippen LogP contribution in [0.5, 0.6) is 0 Å². The standard InChI is InChI=1S/C21H19ClN2/c1-13-14-7-4-5-10-19(14)23-12-17(13)20-15-8-6-9-18(22)16(15)11-21(2,3)24-20/h4-10,12H,11H2,1-3H3. The minimum Gasteiger partial charge on any atom is -0.278 e. The van der Waals surface area contributed by atoms with Gasteiger partial charge in [0.2, 0.25) is 0 Å². The second-order valence-electron chi connectivity index (χ2n) is 7.03. The number of pyridine rings is 1. The van der Waals surface area contributed by atoms with E-state index in [-0.39, 0.29) is 5.54 Å². The summed E-state index contributed by atoms with van der Waals surface area (Å²) in [7, 11) is 0. The third kappa shape index (κ3) is 2.42. The van der Waals surface area contributed by atoms with Gasteiger partial charge in [0.15, 0.2) is 0 Å². The van der Waals surface area contributed by atoms with E-state index in [4.69, 9.17) is 16.6 Å². The lowest BCUT2D eigenvalue weighted by molar-refractivity contribution is 0.513. The zero-order valence-electron chi connectivity index (χ0n) is 14.1. The minimum absolute atomic E-state index is 0.175. The SMILES string of the molecule is Cc1c(C2=NC(C)(C)Cc3c(Cl)cccc32)cnc2ccccc12. The molecule has 0 atom stereocenters. The van der Waals surface area contributed by atoms with Gasteiger partial charge in [0.05, 0.1) is 16.8 Å². The molecule has 4 rings (SSSR count). The molecule has 3 aromatic rings. The van der Waals surface area contributed by atoms with Crippen molar-refractivity contribution in [2.75, 3.05) is 0 Å². The average molecular weight is 335 g/mol. The lowest BCUT2D eigenvalue weighted by Gasteiger charge is -2.30. The first-order valence-corrected chi connectivity index (χ1v) is 8.56. The second kappa shape index (κ2) is 5.42. The molecule has 120 valence electrons. The highest BCUT2D eigenvalue weighted by molar-refractivity contribution is 6.32. The maximum atomic E-state index is 6.49. The fourth-order valence-corrected chi connectivity index (χ4v) is 3.76. The van der Waals surface area contributed by atoms with E-state index in [1.165, 1.54) is 16.5 Å². The van der Waals surface area contributed by atoms with Gasteiger partial charge in [-0.1, -0.05) is 41.9 Å². The fraction of sp³-hybridized carbons (Fsp3) is 0.238. The van der Waals surface area contributed by atoms with Crippen LogP contribution in [-0.4, -0.2) is 16.2 Å². The molecule has 0 N–H and O–H groups in total. The molecular formula is C21H19ClN2. The molecule has 0 amide bonds. The van der Waals surface area contributed by atoms with Gasteiger partial charge >= 0.3 is 0 Å². The molecule has 0 aliphatic carbocycles. The number of fused-ring (bicyclic) bond motifs is 2. The van der Waals surface area contributed by atoms with E-state index in [1.807, 2.05) is 30.5 Å². The van der Waals surface area contributed by atoms with E-state index in [1.54, 1.807) is 0 Å². The summed E-state index contributed by atoms with van der Waals surface area (Å²) in [5.74, 6) is 0. The second-order valence-corrected chi connectivity index (χ2v) is 7.44. The normalized spacial score (nSPS) is 15.9. The molecule has 0 radical (unpaired) electrons. The summed E-state index contributed by atoms with van der Waals surface area (Å²) in [6.07, 6.45) is 2.80. The van der Waals surface area contributed by atoms with Crippen LogP contribution < -0.4 is 0 Å². The number of hydrogen-bond acceptors (Lipinski definition) is 2. The number of para-hydroxylation sites is 1. The van der Waals surface area contributed by atoms with Gasteiger partial charge in [-0.3, -0.25) is 9.98 Å². The highest BCUT2D eigenvalue weighted by atomic mass is 35.5. The molecule has 0 spiro atoms. The van der Waals surface area contributed by atoms with Crippen LogP contribution in [-0.2, 0) is 6.42 Å². The molecule has 2 nitrogen and oxygen atoms in total. The topological polar surface area (TPSA) is 25.2 Å². The summed E-state index contributed by atoms with van der Waals surface area (Å²) in [4.78, 5) is 9.70. The van der Waals surface area contributed by atoms with Gasteiger partial charge in [-0.05, 0) is 50.5 Å². The van der Waals surface area contributed by atoms with E-state index in [2.05, 4.69) is 44.0 Å². The predicted molar refractivity (Wildman–Crippen MR) is 101 cm³/mol. The smallest absolute Gasteiger partial charge is 0.0747 e. The first kappa shape index (κ1) is 15.3. The Labute approximate surface area is 147 Å². The van der Waals surface area contributed by atoms with Gasteiger partial charge in [0.25, 0.3) is 0 Å². The zero-order valence-corrected chi connectivity index (χ0v) is 14.9. The van der Waals surface area contributed by atoms with Gasteiger partial charge in [-0.25, -0.2) is 0 Å².